The van der Waals surface area contributed by atoms with E-state index in [1.165, 1.54) is 0 Å². The monoisotopic (exact) mass is 282 g/mol. The quantitative estimate of drug-likeness (QED) is 0.887. The maximum absolute atomic E-state index is 11.9. The van der Waals surface area contributed by atoms with Crippen LogP contribution < -0.4 is 10.2 Å². The molecule has 6 heteroatoms. The number of aliphatic carboxylic acids is 1. The fourth-order valence-electron chi connectivity index (χ4n) is 2.05. The van der Waals surface area contributed by atoms with Crippen molar-refractivity contribution in [1.29, 1.82) is 0 Å². The molecule has 1 aromatic carbocycles. The summed E-state index contributed by atoms with van der Waals surface area (Å²) >= 11 is 6.10. The van der Waals surface area contributed by atoms with Gasteiger partial charge in [-0.2, -0.15) is 0 Å². The normalized spacial score (nSPS) is 20.8. The Labute approximate surface area is 116 Å². The van der Waals surface area contributed by atoms with Crippen molar-refractivity contribution in [2.75, 3.05) is 24.3 Å². The molecule has 5 nitrogen and oxygen atoms in total. The molecule has 0 aliphatic heterocycles. The summed E-state index contributed by atoms with van der Waals surface area (Å²) in [6.07, 6.45) is 0.402. The number of halogens is 1. The van der Waals surface area contributed by atoms with E-state index < -0.39 is 17.8 Å². The van der Waals surface area contributed by atoms with E-state index >= 15 is 0 Å². The molecule has 0 saturated heterocycles. The molecule has 0 aromatic heterocycles. The van der Waals surface area contributed by atoms with Crippen LogP contribution in [0.3, 0.4) is 0 Å². The highest BCUT2D eigenvalue weighted by Crippen LogP contribution is 2.40. The van der Waals surface area contributed by atoms with Crippen molar-refractivity contribution in [2.45, 2.75) is 6.42 Å². The van der Waals surface area contributed by atoms with Crippen LogP contribution in [0.1, 0.15) is 6.42 Å². The highest BCUT2D eigenvalue weighted by Gasteiger charge is 2.48. The van der Waals surface area contributed by atoms with E-state index in [2.05, 4.69) is 5.32 Å². The number of benzene rings is 1. The van der Waals surface area contributed by atoms with Gasteiger partial charge in [0.15, 0.2) is 0 Å². The average Bonchev–Trinajstić information content (AvgIpc) is 3.08. The van der Waals surface area contributed by atoms with Crippen molar-refractivity contribution in [3.8, 4) is 0 Å². The summed E-state index contributed by atoms with van der Waals surface area (Å²) in [5.74, 6) is -2.18. The smallest absolute Gasteiger partial charge is 0.307 e. The van der Waals surface area contributed by atoms with E-state index in [4.69, 9.17) is 16.7 Å². The lowest BCUT2D eigenvalue weighted by atomic mass is 10.2. The average molecular weight is 283 g/mol. The zero-order valence-corrected chi connectivity index (χ0v) is 11.4. The second kappa shape index (κ2) is 5.09. The number of rotatable bonds is 4. The number of nitrogens with zero attached hydrogens (tertiary/aromatic N) is 1. The molecule has 19 heavy (non-hydrogen) atoms. The summed E-state index contributed by atoms with van der Waals surface area (Å²) in [7, 11) is 3.65. The number of hydrogen-bond donors (Lipinski definition) is 2. The largest absolute Gasteiger partial charge is 0.481 e. The van der Waals surface area contributed by atoms with Crippen molar-refractivity contribution >= 4 is 34.9 Å². The number of para-hydroxylation sites is 1. The first-order chi connectivity index (χ1) is 8.91. The Kier molecular flexibility index (Phi) is 3.66. The number of nitrogens with one attached hydrogen (secondary N) is 1. The molecule has 0 radical (unpaired) electrons. The number of carbonyl (C=O) groups excluding carboxylic acids is 1. The van der Waals surface area contributed by atoms with Crippen molar-refractivity contribution in [1.82, 2.24) is 0 Å². The van der Waals surface area contributed by atoms with Gasteiger partial charge in [0.2, 0.25) is 5.91 Å². The van der Waals surface area contributed by atoms with Crippen molar-refractivity contribution in [2.24, 2.45) is 11.8 Å². The van der Waals surface area contributed by atoms with Gasteiger partial charge in [-0.05, 0) is 18.6 Å². The van der Waals surface area contributed by atoms with Gasteiger partial charge >= 0.3 is 5.97 Å². The lowest BCUT2D eigenvalue weighted by Crippen LogP contribution is -2.19. The summed E-state index contributed by atoms with van der Waals surface area (Å²) < 4.78 is 0. The molecule has 1 aromatic rings. The van der Waals surface area contributed by atoms with Gasteiger partial charge in [-0.25, -0.2) is 0 Å². The third kappa shape index (κ3) is 2.81. The molecule has 1 amide bonds. The molecule has 1 saturated carbocycles. The lowest BCUT2D eigenvalue weighted by Gasteiger charge is -2.19. The molecule has 1 aliphatic carbocycles. The molecular weight excluding hydrogens is 268 g/mol. The summed E-state index contributed by atoms with van der Waals surface area (Å²) in [4.78, 5) is 24.5. The Bertz CT molecular complexity index is 531. The highest BCUT2D eigenvalue weighted by atomic mass is 35.5. The first kappa shape index (κ1) is 13.7. The molecular formula is C13H15ClN2O3. The fraction of sp³-hybridized carbons (Fsp3) is 0.385. The van der Waals surface area contributed by atoms with Crippen molar-refractivity contribution in [3.63, 3.8) is 0 Å². The van der Waals surface area contributed by atoms with E-state index in [9.17, 15) is 9.59 Å². The third-order valence-electron chi connectivity index (χ3n) is 3.14. The molecule has 102 valence electrons. The zero-order chi connectivity index (χ0) is 14.2. The Morgan fingerprint density at radius 3 is 2.58 bits per heavy atom. The Morgan fingerprint density at radius 2 is 2.05 bits per heavy atom. The minimum Gasteiger partial charge on any atom is -0.481 e. The molecule has 2 atom stereocenters. The number of carboxylic acid groups (broad SMARTS) is 1. The molecule has 2 N–H and O–H groups in total. The molecule has 1 aliphatic rings. The zero-order valence-electron chi connectivity index (χ0n) is 10.7. The second-order valence-corrected chi connectivity index (χ2v) is 5.21. The summed E-state index contributed by atoms with van der Waals surface area (Å²) in [6, 6.07) is 5.23. The molecule has 2 unspecified atom stereocenters. The minimum atomic E-state index is -0.918. The van der Waals surface area contributed by atoms with Crippen LogP contribution in [0.5, 0.6) is 0 Å². The fourth-order valence-corrected chi connectivity index (χ4v) is 2.40. The maximum atomic E-state index is 11.9. The van der Waals surface area contributed by atoms with Crippen LogP contribution in [0.2, 0.25) is 5.02 Å². The van der Waals surface area contributed by atoms with Gasteiger partial charge in [-0.15, -0.1) is 0 Å². The molecule has 0 heterocycles. The molecule has 2 rings (SSSR count). The first-order valence-corrected chi connectivity index (χ1v) is 6.29. The van der Waals surface area contributed by atoms with Crippen LogP contribution in [0.15, 0.2) is 18.2 Å². The van der Waals surface area contributed by atoms with Gasteiger partial charge in [0, 0.05) is 14.1 Å². The van der Waals surface area contributed by atoms with E-state index in [0.29, 0.717) is 22.8 Å². The topological polar surface area (TPSA) is 69.6 Å². The second-order valence-electron chi connectivity index (χ2n) is 4.81. The van der Waals surface area contributed by atoms with Crippen LogP contribution in [0, 0.1) is 11.8 Å². The predicted octanol–water partition coefficient (Wildman–Crippen LogP) is 2.07. The van der Waals surface area contributed by atoms with Crippen LogP contribution in [0.4, 0.5) is 11.4 Å². The number of anilines is 2. The number of carbonyl (C=O) groups is 2. The van der Waals surface area contributed by atoms with E-state index in [1.54, 1.807) is 23.1 Å². The minimum absolute atomic E-state index is 0.266. The number of amides is 1. The van der Waals surface area contributed by atoms with Gasteiger partial charge in [-0.3, -0.25) is 9.59 Å². The van der Waals surface area contributed by atoms with Crippen molar-refractivity contribution in [3.05, 3.63) is 23.2 Å². The van der Waals surface area contributed by atoms with E-state index in [1.807, 2.05) is 14.1 Å². The third-order valence-corrected chi connectivity index (χ3v) is 3.44. The molecule has 1 fully saturated rings. The SMILES string of the molecule is CN(C)c1c(Cl)cccc1NC(=O)C1CC1C(=O)O. The van der Waals surface area contributed by atoms with Crippen molar-refractivity contribution < 1.29 is 14.7 Å². The summed E-state index contributed by atoms with van der Waals surface area (Å²) in [6.45, 7) is 0. The highest BCUT2D eigenvalue weighted by molar-refractivity contribution is 6.34. The molecule has 0 bridgehead atoms. The lowest BCUT2D eigenvalue weighted by molar-refractivity contribution is -0.139. The Balaban J connectivity index is 2.14. The summed E-state index contributed by atoms with van der Waals surface area (Å²) in [5, 5.41) is 12.1. The van der Waals surface area contributed by atoms with Gasteiger partial charge in [-0.1, -0.05) is 17.7 Å². The standard InChI is InChI=1S/C13H15ClN2O3/c1-16(2)11-9(14)4-3-5-10(11)15-12(17)7-6-8(7)13(18)19/h3-5,7-8H,6H2,1-2H3,(H,15,17)(H,18,19). The van der Waals surface area contributed by atoms with Gasteiger partial charge < -0.3 is 15.3 Å². The molecule has 0 spiro atoms. The van der Waals surface area contributed by atoms with E-state index in [0.717, 1.165) is 0 Å². The number of carboxylic acids is 1. The van der Waals surface area contributed by atoms with Crippen LogP contribution in [-0.4, -0.2) is 31.1 Å². The van der Waals surface area contributed by atoms with Gasteiger partial charge in [0.05, 0.1) is 28.2 Å². The van der Waals surface area contributed by atoms with Gasteiger partial charge in [0.1, 0.15) is 0 Å². The first-order valence-electron chi connectivity index (χ1n) is 5.91. The predicted molar refractivity (Wildman–Crippen MR) is 73.6 cm³/mol. The van der Waals surface area contributed by atoms with Crippen LogP contribution in [-0.2, 0) is 9.59 Å². The Hall–Kier alpha value is -1.75. The maximum Gasteiger partial charge on any atom is 0.307 e. The summed E-state index contributed by atoms with van der Waals surface area (Å²) in [5.41, 5.74) is 1.31. The van der Waals surface area contributed by atoms with E-state index in [-0.39, 0.29) is 5.91 Å². The Morgan fingerprint density at radius 1 is 1.37 bits per heavy atom. The number of hydrogen-bond acceptors (Lipinski definition) is 3. The van der Waals surface area contributed by atoms with Crippen LogP contribution in [0.25, 0.3) is 0 Å². The van der Waals surface area contributed by atoms with Gasteiger partial charge in [0.25, 0.3) is 0 Å². The van der Waals surface area contributed by atoms with Crippen LogP contribution >= 0.6 is 11.6 Å².